The van der Waals surface area contributed by atoms with Gasteiger partial charge in [-0.05, 0) is 6.42 Å². The molecule has 0 bridgehead atoms. The Morgan fingerprint density at radius 1 is 1.44 bits per heavy atom. The van der Waals surface area contributed by atoms with Crippen molar-refractivity contribution < 1.29 is 24.3 Å². The zero-order valence-electron chi connectivity index (χ0n) is 9.79. The minimum Gasteiger partial charge on any atom is -0.479 e. The molecule has 3 amide bonds. The molecule has 8 heteroatoms. The van der Waals surface area contributed by atoms with Gasteiger partial charge in [-0.25, -0.2) is 15.1 Å². The number of aliphatic carboxylic acids is 1. The Morgan fingerprint density at radius 3 is 2.94 bits per heavy atom. The molecule has 0 aromatic carbocycles. The van der Waals surface area contributed by atoms with Gasteiger partial charge in [0.25, 0.3) is 0 Å². The molecule has 0 aromatic heterocycles. The van der Waals surface area contributed by atoms with Crippen molar-refractivity contribution in [1.29, 1.82) is 0 Å². The van der Waals surface area contributed by atoms with Gasteiger partial charge >= 0.3 is 12.0 Å². The van der Waals surface area contributed by atoms with Crippen LogP contribution in [-0.4, -0.2) is 65.1 Å². The number of hydroxylamine groups is 1. The largest absolute Gasteiger partial charge is 0.479 e. The zero-order valence-corrected chi connectivity index (χ0v) is 9.79. The predicted molar refractivity (Wildman–Crippen MR) is 58.4 cm³/mol. The first kappa shape index (κ1) is 12.6. The van der Waals surface area contributed by atoms with Crippen LogP contribution in [-0.2, 0) is 14.4 Å². The Balaban J connectivity index is 1.79. The first-order valence-corrected chi connectivity index (χ1v) is 5.76. The lowest BCUT2D eigenvalue weighted by atomic mass is 10.2. The highest BCUT2D eigenvalue weighted by molar-refractivity contribution is 5.80. The van der Waals surface area contributed by atoms with Gasteiger partial charge in [-0.2, -0.15) is 0 Å². The number of piperazine rings is 1. The van der Waals surface area contributed by atoms with Crippen molar-refractivity contribution in [1.82, 2.24) is 15.3 Å². The lowest BCUT2D eigenvalue weighted by Crippen LogP contribution is -2.55. The monoisotopic (exact) mass is 257 g/mol. The molecule has 0 aromatic rings. The maximum absolute atomic E-state index is 11.6. The number of nitrogens with one attached hydrogen (secondary N) is 1. The summed E-state index contributed by atoms with van der Waals surface area (Å²) in [5, 5.41) is 8.35. The van der Waals surface area contributed by atoms with Crippen LogP contribution >= 0.6 is 0 Å². The van der Waals surface area contributed by atoms with E-state index in [2.05, 4.69) is 10.3 Å². The van der Waals surface area contributed by atoms with E-state index in [0.29, 0.717) is 26.1 Å². The van der Waals surface area contributed by atoms with Crippen molar-refractivity contribution in [2.45, 2.75) is 18.9 Å². The molecule has 2 fully saturated rings. The van der Waals surface area contributed by atoms with E-state index in [-0.39, 0.29) is 11.9 Å². The first-order valence-electron chi connectivity index (χ1n) is 5.76. The fourth-order valence-corrected chi connectivity index (χ4v) is 2.27. The standard InChI is InChI=1S/C10H15N3O5/c14-8-2-1-7-5-12(3-4-13(7)8)10(17)11-18-6-9(15)16/h7H,1-6H2,(H,11,17)(H,15,16). The van der Waals surface area contributed by atoms with Crippen LogP contribution in [0.1, 0.15) is 12.8 Å². The molecule has 2 aliphatic heterocycles. The molecule has 0 radical (unpaired) electrons. The van der Waals surface area contributed by atoms with Crippen LogP contribution in [0.5, 0.6) is 0 Å². The van der Waals surface area contributed by atoms with Crippen molar-refractivity contribution in [3.8, 4) is 0 Å². The van der Waals surface area contributed by atoms with E-state index >= 15 is 0 Å². The second-order valence-electron chi connectivity index (χ2n) is 4.32. The zero-order chi connectivity index (χ0) is 13.1. The number of urea groups is 1. The first-order chi connectivity index (χ1) is 8.58. The number of amides is 3. The van der Waals surface area contributed by atoms with Gasteiger partial charge in [0, 0.05) is 32.1 Å². The molecule has 2 aliphatic rings. The summed E-state index contributed by atoms with van der Waals surface area (Å²) < 4.78 is 0. The molecule has 0 saturated carbocycles. The summed E-state index contributed by atoms with van der Waals surface area (Å²) in [5.41, 5.74) is 2.08. The van der Waals surface area contributed by atoms with E-state index in [1.54, 1.807) is 4.90 Å². The molecule has 100 valence electrons. The van der Waals surface area contributed by atoms with E-state index in [0.717, 1.165) is 6.42 Å². The maximum atomic E-state index is 11.6. The lowest BCUT2D eigenvalue weighted by molar-refractivity contribution is -0.144. The van der Waals surface area contributed by atoms with Gasteiger partial charge in [-0.3, -0.25) is 9.63 Å². The van der Waals surface area contributed by atoms with E-state index in [9.17, 15) is 14.4 Å². The third-order valence-corrected chi connectivity index (χ3v) is 3.14. The molecule has 18 heavy (non-hydrogen) atoms. The Bertz CT molecular complexity index is 373. The topological polar surface area (TPSA) is 99.2 Å². The van der Waals surface area contributed by atoms with Crippen molar-refractivity contribution in [3.05, 3.63) is 0 Å². The molecule has 1 atom stereocenters. The van der Waals surface area contributed by atoms with Crippen LogP contribution in [0.15, 0.2) is 0 Å². The highest BCUT2D eigenvalue weighted by Gasteiger charge is 2.36. The van der Waals surface area contributed by atoms with E-state index in [1.807, 2.05) is 0 Å². The lowest BCUT2D eigenvalue weighted by Gasteiger charge is -2.37. The molecular weight excluding hydrogens is 242 g/mol. The summed E-state index contributed by atoms with van der Waals surface area (Å²) in [7, 11) is 0. The summed E-state index contributed by atoms with van der Waals surface area (Å²) in [6.45, 7) is 0.849. The fourth-order valence-electron chi connectivity index (χ4n) is 2.27. The van der Waals surface area contributed by atoms with Crippen LogP contribution in [0.4, 0.5) is 4.79 Å². The molecule has 0 spiro atoms. The molecule has 2 saturated heterocycles. The fraction of sp³-hybridized carbons (Fsp3) is 0.700. The maximum Gasteiger partial charge on any atom is 0.341 e. The van der Waals surface area contributed by atoms with Crippen LogP contribution in [0.2, 0.25) is 0 Å². The van der Waals surface area contributed by atoms with Gasteiger partial charge in [0.15, 0.2) is 6.61 Å². The third-order valence-electron chi connectivity index (χ3n) is 3.14. The number of hydrogen-bond donors (Lipinski definition) is 2. The summed E-state index contributed by atoms with van der Waals surface area (Å²) in [6, 6.07) is -0.383. The highest BCUT2D eigenvalue weighted by Crippen LogP contribution is 2.22. The highest BCUT2D eigenvalue weighted by atomic mass is 16.7. The van der Waals surface area contributed by atoms with E-state index in [1.165, 1.54) is 4.90 Å². The van der Waals surface area contributed by atoms with Crippen molar-refractivity contribution >= 4 is 17.9 Å². The SMILES string of the molecule is O=C(O)CONC(=O)N1CCN2C(=O)CCC2C1. The Morgan fingerprint density at radius 2 is 2.22 bits per heavy atom. The number of fused-ring (bicyclic) bond motifs is 1. The summed E-state index contributed by atoms with van der Waals surface area (Å²) in [6.07, 6.45) is 1.30. The van der Waals surface area contributed by atoms with Gasteiger partial charge in [-0.15, -0.1) is 0 Å². The summed E-state index contributed by atoms with van der Waals surface area (Å²) in [4.78, 5) is 41.1. The van der Waals surface area contributed by atoms with Crippen molar-refractivity contribution in [3.63, 3.8) is 0 Å². The minimum absolute atomic E-state index is 0.0801. The summed E-state index contributed by atoms with van der Waals surface area (Å²) in [5.74, 6) is -1.01. The summed E-state index contributed by atoms with van der Waals surface area (Å²) >= 11 is 0. The molecule has 2 N–H and O–H groups in total. The number of nitrogens with zero attached hydrogens (tertiary/aromatic N) is 2. The third kappa shape index (κ3) is 2.70. The van der Waals surface area contributed by atoms with Gasteiger partial charge in [0.05, 0.1) is 0 Å². The second kappa shape index (κ2) is 5.21. The number of hydrogen-bond acceptors (Lipinski definition) is 4. The number of carbonyl (C=O) groups is 3. The average molecular weight is 257 g/mol. The van der Waals surface area contributed by atoms with Crippen molar-refractivity contribution in [2.75, 3.05) is 26.2 Å². The number of carboxylic acids is 1. The molecule has 0 aliphatic carbocycles. The van der Waals surface area contributed by atoms with Gasteiger partial charge in [0.1, 0.15) is 0 Å². The Hall–Kier alpha value is -1.83. The van der Waals surface area contributed by atoms with Gasteiger partial charge in [0.2, 0.25) is 5.91 Å². The minimum atomic E-state index is -1.15. The number of rotatable bonds is 3. The van der Waals surface area contributed by atoms with Crippen LogP contribution < -0.4 is 5.48 Å². The van der Waals surface area contributed by atoms with E-state index < -0.39 is 18.6 Å². The second-order valence-corrected chi connectivity index (χ2v) is 4.32. The van der Waals surface area contributed by atoms with Gasteiger partial charge < -0.3 is 14.9 Å². The molecule has 2 heterocycles. The molecule has 1 unspecified atom stereocenters. The van der Waals surface area contributed by atoms with Gasteiger partial charge in [-0.1, -0.05) is 0 Å². The smallest absolute Gasteiger partial charge is 0.341 e. The normalized spacial score (nSPS) is 22.9. The Kier molecular flexibility index (Phi) is 3.66. The average Bonchev–Trinajstić information content (AvgIpc) is 2.70. The molecule has 2 rings (SSSR count). The Labute approximate surface area is 103 Å². The van der Waals surface area contributed by atoms with E-state index in [4.69, 9.17) is 5.11 Å². The van der Waals surface area contributed by atoms with Crippen LogP contribution in [0, 0.1) is 0 Å². The van der Waals surface area contributed by atoms with Crippen LogP contribution in [0.25, 0.3) is 0 Å². The molecular formula is C10H15N3O5. The van der Waals surface area contributed by atoms with Crippen LogP contribution in [0.3, 0.4) is 0 Å². The quantitative estimate of drug-likeness (QED) is 0.633. The predicted octanol–water partition coefficient (Wildman–Crippen LogP) is -0.981. The number of carboxylic acid groups (broad SMARTS) is 1. The molecule has 8 nitrogen and oxygen atoms in total. The van der Waals surface area contributed by atoms with Crippen molar-refractivity contribution in [2.24, 2.45) is 0 Å². The number of carbonyl (C=O) groups excluding carboxylic acids is 2.